The van der Waals surface area contributed by atoms with Crippen LogP contribution in [-0.4, -0.2) is 4.57 Å². The van der Waals surface area contributed by atoms with Gasteiger partial charge in [0.1, 0.15) is 0 Å². The van der Waals surface area contributed by atoms with Crippen LogP contribution < -0.4 is 4.90 Å². The van der Waals surface area contributed by atoms with Gasteiger partial charge in [0.15, 0.2) is 0 Å². The second kappa shape index (κ2) is 12.5. The smallest absolute Gasteiger partial charge is 0.0542 e. The molecule has 64 heavy (non-hydrogen) atoms. The van der Waals surface area contributed by atoms with Gasteiger partial charge >= 0.3 is 0 Å². The van der Waals surface area contributed by atoms with E-state index in [0.717, 1.165) is 47.3 Å². The van der Waals surface area contributed by atoms with Gasteiger partial charge in [0.05, 0.1) is 11.0 Å². The first kappa shape index (κ1) is 35.5. The molecule has 6 saturated carbocycles. The van der Waals surface area contributed by atoms with Crippen LogP contribution in [0.4, 0.5) is 17.1 Å². The molecule has 10 atom stereocenters. The van der Waals surface area contributed by atoms with Crippen LogP contribution in [0.25, 0.3) is 49.7 Å². The van der Waals surface area contributed by atoms with Crippen LogP contribution in [0.15, 0.2) is 158 Å². The molecule has 1 aromatic heterocycles. The second-order valence-corrected chi connectivity index (χ2v) is 21.9. The Balaban J connectivity index is 0.925. The fourth-order valence-electron chi connectivity index (χ4n) is 17.8. The quantitative estimate of drug-likeness (QED) is 0.172. The lowest BCUT2D eigenvalue weighted by atomic mass is 9.53. The minimum absolute atomic E-state index is 0.160. The zero-order valence-electron chi connectivity index (χ0n) is 36.6. The number of aromatic nitrogens is 1. The number of hydrogen-bond acceptors (Lipinski definition) is 1. The van der Waals surface area contributed by atoms with E-state index in [9.17, 15) is 0 Å². The zero-order valence-corrected chi connectivity index (χ0v) is 36.6. The second-order valence-electron chi connectivity index (χ2n) is 21.9. The van der Waals surface area contributed by atoms with Crippen molar-refractivity contribution in [2.24, 2.45) is 47.3 Å². The largest absolute Gasteiger partial charge is 0.310 e. The number of fused-ring (bicyclic) bond motifs is 20. The van der Waals surface area contributed by atoms with E-state index >= 15 is 0 Å². The Morgan fingerprint density at radius 3 is 1.84 bits per heavy atom. The summed E-state index contributed by atoms with van der Waals surface area (Å²) in [6.07, 6.45) is 14.2. The average molecular weight is 827 g/mol. The molecule has 312 valence electrons. The van der Waals surface area contributed by atoms with E-state index in [4.69, 9.17) is 0 Å². The average Bonchev–Trinajstić information content (AvgIpc) is 3.99. The van der Waals surface area contributed by atoms with Crippen molar-refractivity contribution in [2.45, 2.75) is 75.0 Å². The number of rotatable bonds is 4. The van der Waals surface area contributed by atoms with Crippen LogP contribution >= 0.6 is 0 Å². The lowest BCUT2D eigenvalue weighted by Gasteiger charge is -2.50. The van der Waals surface area contributed by atoms with E-state index in [-0.39, 0.29) is 10.8 Å². The molecule has 2 unspecified atom stereocenters. The Labute approximate surface area is 377 Å². The number of nitrogens with zero attached hydrogens (tertiary/aromatic N) is 2. The first-order chi connectivity index (χ1) is 31.7. The Hall–Kier alpha value is -5.86. The van der Waals surface area contributed by atoms with Gasteiger partial charge in [0.2, 0.25) is 0 Å². The fourth-order valence-corrected chi connectivity index (χ4v) is 17.8. The summed E-state index contributed by atoms with van der Waals surface area (Å²) >= 11 is 0. The third-order valence-corrected chi connectivity index (χ3v) is 19.8. The molecule has 8 aliphatic carbocycles. The van der Waals surface area contributed by atoms with Gasteiger partial charge in [-0.25, -0.2) is 0 Å². The highest BCUT2D eigenvalue weighted by atomic mass is 15.1. The molecular weight excluding hydrogens is 773 g/mol. The molecular formula is C62H54N2. The summed E-state index contributed by atoms with van der Waals surface area (Å²) in [7, 11) is 0. The van der Waals surface area contributed by atoms with Gasteiger partial charge in [-0.15, -0.1) is 0 Å². The maximum Gasteiger partial charge on any atom is 0.0542 e. The Morgan fingerprint density at radius 2 is 1.06 bits per heavy atom. The lowest BCUT2D eigenvalue weighted by Crippen LogP contribution is -2.46. The predicted molar refractivity (Wildman–Crippen MR) is 262 cm³/mol. The third-order valence-electron chi connectivity index (χ3n) is 19.8. The maximum atomic E-state index is 2.63. The summed E-state index contributed by atoms with van der Waals surface area (Å²) in [4.78, 5) is 2.63. The molecule has 7 aromatic carbocycles. The van der Waals surface area contributed by atoms with Gasteiger partial charge in [-0.1, -0.05) is 116 Å². The minimum atomic E-state index is 0.160. The van der Waals surface area contributed by atoms with E-state index in [2.05, 4.69) is 167 Å². The number of para-hydroxylation sites is 2. The van der Waals surface area contributed by atoms with Gasteiger partial charge in [0, 0.05) is 44.4 Å². The molecule has 5 bridgehead atoms. The summed E-state index contributed by atoms with van der Waals surface area (Å²) in [6, 6.07) is 62.0. The molecule has 16 rings (SSSR count). The van der Waals surface area contributed by atoms with Crippen LogP contribution in [0.2, 0.25) is 0 Å². The molecule has 0 saturated heterocycles. The molecule has 0 amide bonds. The first-order valence-electron chi connectivity index (χ1n) is 25.1. The Morgan fingerprint density at radius 1 is 0.422 bits per heavy atom. The maximum absolute atomic E-state index is 2.63. The standard InChI is InChI=1S/C62H54N2/c1-2-13-42(14-3-1)64-59-20-9-6-17-48(59)52-36-45(24-28-60(52)64)63(43-22-26-56-50(34-43)46-15-4-7-18-54(46)61(56)40-12-10-11-38-32-58(61)49(38)33-40)44-23-27-57-51(35-44)47-16-5-8-19-55(47)62(57)41-30-37-21-25-53(62)39(29-37)31-41/h1-9,13-20,22-24,26-28,34-41,49,53,58H,10-12,21,25,29-33H2/t37-,38?,39-,40-,41+,49?,53+,58+,61+,62-/m0/s1. The van der Waals surface area contributed by atoms with E-state index in [1.807, 2.05) is 0 Å². The van der Waals surface area contributed by atoms with Crippen molar-refractivity contribution in [1.29, 1.82) is 0 Å². The molecule has 2 spiro atoms. The molecule has 0 radical (unpaired) electrons. The molecule has 2 heteroatoms. The summed E-state index contributed by atoms with van der Waals surface area (Å²) < 4.78 is 2.45. The van der Waals surface area contributed by atoms with Gasteiger partial charge in [-0.2, -0.15) is 0 Å². The van der Waals surface area contributed by atoms with E-state index in [0.29, 0.717) is 0 Å². The third kappa shape index (κ3) is 4.22. The van der Waals surface area contributed by atoms with Crippen LogP contribution in [0, 0.1) is 47.3 Å². The van der Waals surface area contributed by atoms with Gasteiger partial charge < -0.3 is 9.47 Å². The highest BCUT2D eigenvalue weighted by molar-refractivity contribution is 6.11. The van der Waals surface area contributed by atoms with E-state index in [1.165, 1.54) is 131 Å². The summed E-state index contributed by atoms with van der Waals surface area (Å²) in [5, 5.41) is 2.59. The summed E-state index contributed by atoms with van der Waals surface area (Å²) in [5.41, 5.74) is 20.2. The van der Waals surface area contributed by atoms with Crippen LogP contribution in [0.3, 0.4) is 0 Å². The van der Waals surface area contributed by atoms with Crippen molar-refractivity contribution in [3.63, 3.8) is 0 Å². The van der Waals surface area contributed by atoms with Crippen molar-refractivity contribution >= 4 is 38.9 Å². The monoisotopic (exact) mass is 826 g/mol. The normalized spacial score (nSPS) is 31.6. The van der Waals surface area contributed by atoms with Gasteiger partial charge in [0.25, 0.3) is 0 Å². The van der Waals surface area contributed by atoms with Crippen LogP contribution in [0.5, 0.6) is 0 Å². The molecule has 1 heterocycles. The van der Waals surface area contributed by atoms with Crippen LogP contribution in [-0.2, 0) is 10.8 Å². The molecule has 8 aliphatic rings. The summed E-state index contributed by atoms with van der Waals surface area (Å²) in [6.45, 7) is 0. The highest BCUT2D eigenvalue weighted by Crippen LogP contribution is 2.74. The molecule has 6 fully saturated rings. The summed E-state index contributed by atoms with van der Waals surface area (Å²) in [5.74, 6) is 6.71. The van der Waals surface area contributed by atoms with Gasteiger partial charge in [-0.05, 0) is 197 Å². The highest BCUT2D eigenvalue weighted by Gasteiger charge is 2.66. The van der Waals surface area contributed by atoms with Crippen molar-refractivity contribution in [2.75, 3.05) is 4.90 Å². The van der Waals surface area contributed by atoms with Crippen molar-refractivity contribution in [3.05, 3.63) is 180 Å². The molecule has 0 aliphatic heterocycles. The van der Waals surface area contributed by atoms with Crippen molar-refractivity contribution in [1.82, 2.24) is 4.57 Å². The Bertz CT molecular complexity index is 3280. The van der Waals surface area contributed by atoms with Crippen molar-refractivity contribution in [3.8, 4) is 27.9 Å². The number of anilines is 3. The molecule has 8 aromatic rings. The van der Waals surface area contributed by atoms with Gasteiger partial charge in [-0.3, -0.25) is 0 Å². The molecule has 0 N–H and O–H groups in total. The first-order valence-corrected chi connectivity index (χ1v) is 25.1. The minimum Gasteiger partial charge on any atom is -0.310 e. The van der Waals surface area contributed by atoms with Crippen LogP contribution in [0.1, 0.15) is 86.5 Å². The predicted octanol–water partition coefficient (Wildman–Crippen LogP) is 15.7. The van der Waals surface area contributed by atoms with E-state index in [1.54, 1.807) is 22.3 Å². The molecule has 2 nitrogen and oxygen atoms in total. The lowest BCUT2D eigenvalue weighted by molar-refractivity contribution is 0.0529. The van der Waals surface area contributed by atoms with E-state index < -0.39 is 0 Å². The van der Waals surface area contributed by atoms with Crippen molar-refractivity contribution < 1.29 is 0 Å². The number of benzene rings is 7. The topological polar surface area (TPSA) is 8.17 Å². The Kier molecular flexibility index (Phi) is 6.92. The number of hydrogen-bond donors (Lipinski definition) is 0. The fraction of sp³-hybridized carbons (Fsp3) is 0.323. The zero-order chi connectivity index (χ0) is 41.5. The SMILES string of the molecule is c1ccc(-n2c3ccccc3c3cc(N(c4ccc5c(c4)-c4ccccc4[C@]54[C@H]5CCCC6C[C@@H]4C6C5)c4ccc5c(c4)-c4ccccc4[C@@]54[C@@H]5C[C@H]6CC[C@@H]4[C@@H](C6)C5)ccc32)cc1.